The Hall–Kier alpha value is -2.20. The van der Waals surface area contributed by atoms with E-state index in [0.717, 1.165) is 0 Å². The molecule has 0 saturated heterocycles. The molecule has 0 heterocycles. The number of hydrogen-bond acceptors (Lipinski definition) is 6. The molecule has 30 heavy (non-hydrogen) atoms. The Morgan fingerprint density at radius 2 is 1.50 bits per heavy atom. The van der Waals surface area contributed by atoms with Crippen LogP contribution in [0.25, 0.3) is 0 Å². The van der Waals surface area contributed by atoms with E-state index in [-0.39, 0.29) is 18.3 Å². The largest absolute Gasteiger partial charge is 0.480 e. The molecule has 5 atom stereocenters. The highest BCUT2D eigenvalue weighted by Gasteiger charge is 2.31. The second kappa shape index (κ2) is 13.9. The van der Waals surface area contributed by atoms with E-state index in [0.29, 0.717) is 25.8 Å². The van der Waals surface area contributed by atoms with E-state index < -0.39 is 47.9 Å². The molecule has 10 heteroatoms. The summed E-state index contributed by atoms with van der Waals surface area (Å²) in [5.74, 6) is -3.00. The van der Waals surface area contributed by atoms with E-state index in [9.17, 15) is 24.3 Å². The zero-order valence-electron chi connectivity index (χ0n) is 18.7. The van der Waals surface area contributed by atoms with Crippen molar-refractivity contribution in [3.8, 4) is 0 Å². The molecule has 10 nitrogen and oxygen atoms in total. The maximum absolute atomic E-state index is 12.7. The van der Waals surface area contributed by atoms with Gasteiger partial charge in [0, 0.05) is 0 Å². The fourth-order valence-electron chi connectivity index (χ4n) is 2.67. The molecule has 8 N–H and O–H groups in total. The SMILES string of the molecule is CCC(C)C(NC(=O)C(N)C(C)C)C(=O)NC(C)C(=O)NC(CCCCN)C(=O)O. The predicted octanol–water partition coefficient (Wildman–Crippen LogP) is -0.296. The van der Waals surface area contributed by atoms with Gasteiger partial charge in [0.05, 0.1) is 6.04 Å². The van der Waals surface area contributed by atoms with Crippen molar-refractivity contribution in [3.05, 3.63) is 0 Å². The summed E-state index contributed by atoms with van der Waals surface area (Å²) < 4.78 is 0. The third-order valence-corrected chi connectivity index (χ3v) is 5.13. The molecule has 0 aromatic rings. The number of carbonyl (C=O) groups excluding carboxylic acids is 3. The Bertz CT molecular complexity index is 584. The fourth-order valence-corrected chi connectivity index (χ4v) is 2.67. The minimum absolute atomic E-state index is 0.0948. The van der Waals surface area contributed by atoms with E-state index in [1.807, 2.05) is 13.8 Å². The first-order valence-electron chi connectivity index (χ1n) is 10.6. The lowest BCUT2D eigenvalue weighted by atomic mass is 9.96. The van der Waals surface area contributed by atoms with Crippen LogP contribution < -0.4 is 27.4 Å². The number of nitrogens with one attached hydrogen (secondary N) is 3. The normalized spacial score (nSPS) is 16.1. The number of carboxylic acid groups (broad SMARTS) is 1. The molecule has 3 amide bonds. The van der Waals surface area contributed by atoms with E-state index in [1.54, 1.807) is 13.8 Å². The average Bonchev–Trinajstić information content (AvgIpc) is 2.69. The number of aliphatic carboxylic acids is 1. The molecule has 0 spiro atoms. The van der Waals surface area contributed by atoms with Gasteiger partial charge in [-0.15, -0.1) is 0 Å². The van der Waals surface area contributed by atoms with Crippen LogP contribution in [0.3, 0.4) is 0 Å². The van der Waals surface area contributed by atoms with Crippen molar-refractivity contribution < 1.29 is 24.3 Å². The third-order valence-electron chi connectivity index (χ3n) is 5.13. The molecule has 0 aliphatic carbocycles. The summed E-state index contributed by atoms with van der Waals surface area (Å²) in [6.07, 6.45) is 2.09. The maximum Gasteiger partial charge on any atom is 0.326 e. The van der Waals surface area contributed by atoms with Crippen LogP contribution in [0.15, 0.2) is 0 Å². The monoisotopic (exact) mass is 429 g/mol. The summed E-state index contributed by atoms with van der Waals surface area (Å²) >= 11 is 0. The topological polar surface area (TPSA) is 177 Å². The Morgan fingerprint density at radius 1 is 0.900 bits per heavy atom. The molecular formula is C20H39N5O5. The Balaban J connectivity index is 5.05. The Morgan fingerprint density at radius 3 is 1.97 bits per heavy atom. The Labute approximate surface area is 178 Å². The van der Waals surface area contributed by atoms with Gasteiger partial charge in [-0.05, 0) is 44.6 Å². The van der Waals surface area contributed by atoms with Gasteiger partial charge in [-0.2, -0.15) is 0 Å². The van der Waals surface area contributed by atoms with Gasteiger partial charge in [0.1, 0.15) is 18.1 Å². The number of unbranched alkanes of at least 4 members (excludes halogenated alkanes) is 1. The van der Waals surface area contributed by atoms with Crippen LogP contribution in [0.2, 0.25) is 0 Å². The van der Waals surface area contributed by atoms with Crippen LogP contribution in [0.4, 0.5) is 0 Å². The molecule has 0 bridgehead atoms. The van der Waals surface area contributed by atoms with Gasteiger partial charge < -0.3 is 32.5 Å². The molecule has 0 aromatic carbocycles. The molecule has 0 aliphatic rings. The molecule has 5 unspecified atom stereocenters. The average molecular weight is 430 g/mol. The van der Waals surface area contributed by atoms with Crippen LogP contribution in [0.5, 0.6) is 0 Å². The van der Waals surface area contributed by atoms with Crippen LogP contribution in [0.1, 0.15) is 60.3 Å². The number of rotatable bonds is 14. The highest BCUT2D eigenvalue weighted by molar-refractivity contribution is 5.94. The van der Waals surface area contributed by atoms with Crippen molar-refractivity contribution in [2.24, 2.45) is 23.3 Å². The summed E-state index contributed by atoms with van der Waals surface area (Å²) in [7, 11) is 0. The van der Waals surface area contributed by atoms with Gasteiger partial charge in [0.25, 0.3) is 0 Å². The summed E-state index contributed by atoms with van der Waals surface area (Å²) in [6.45, 7) is 9.21. The first-order valence-corrected chi connectivity index (χ1v) is 10.6. The molecule has 0 radical (unpaired) electrons. The molecule has 0 rings (SSSR count). The second-order valence-electron chi connectivity index (χ2n) is 8.06. The van der Waals surface area contributed by atoms with Crippen molar-refractivity contribution >= 4 is 23.7 Å². The van der Waals surface area contributed by atoms with Crippen LogP contribution >= 0.6 is 0 Å². The molecule has 0 aromatic heterocycles. The van der Waals surface area contributed by atoms with Gasteiger partial charge >= 0.3 is 5.97 Å². The zero-order chi connectivity index (χ0) is 23.4. The number of carbonyl (C=O) groups is 4. The van der Waals surface area contributed by atoms with Gasteiger partial charge in [-0.25, -0.2) is 4.79 Å². The van der Waals surface area contributed by atoms with Crippen LogP contribution in [0, 0.1) is 11.8 Å². The molecular weight excluding hydrogens is 390 g/mol. The third kappa shape index (κ3) is 9.53. The van der Waals surface area contributed by atoms with Crippen molar-refractivity contribution in [2.45, 2.75) is 84.5 Å². The summed E-state index contributed by atoms with van der Waals surface area (Å²) in [6, 6.07) is -3.65. The molecule has 0 aliphatic heterocycles. The summed E-state index contributed by atoms with van der Waals surface area (Å²) in [5, 5.41) is 16.9. The van der Waals surface area contributed by atoms with Crippen molar-refractivity contribution in [3.63, 3.8) is 0 Å². The second-order valence-corrected chi connectivity index (χ2v) is 8.06. The highest BCUT2D eigenvalue weighted by atomic mass is 16.4. The van der Waals surface area contributed by atoms with Gasteiger partial charge in [-0.1, -0.05) is 34.1 Å². The van der Waals surface area contributed by atoms with E-state index >= 15 is 0 Å². The zero-order valence-corrected chi connectivity index (χ0v) is 18.7. The van der Waals surface area contributed by atoms with E-state index in [4.69, 9.17) is 11.5 Å². The van der Waals surface area contributed by atoms with Crippen molar-refractivity contribution in [1.82, 2.24) is 16.0 Å². The van der Waals surface area contributed by atoms with Crippen LogP contribution in [-0.4, -0.2) is 59.5 Å². The minimum atomic E-state index is -1.15. The molecule has 174 valence electrons. The lowest BCUT2D eigenvalue weighted by Crippen LogP contribution is -2.58. The number of hydrogen-bond donors (Lipinski definition) is 6. The van der Waals surface area contributed by atoms with Gasteiger partial charge in [0.2, 0.25) is 17.7 Å². The fraction of sp³-hybridized carbons (Fsp3) is 0.800. The summed E-state index contributed by atoms with van der Waals surface area (Å²) in [4.78, 5) is 48.8. The smallest absolute Gasteiger partial charge is 0.326 e. The Kier molecular flexibility index (Phi) is 12.9. The predicted molar refractivity (Wildman–Crippen MR) is 114 cm³/mol. The van der Waals surface area contributed by atoms with Crippen molar-refractivity contribution in [2.75, 3.05) is 6.54 Å². The van der Waals surface area contributed by atoms with E-state index in [1.165, 1.54) is 6.92 Å². The number of amides is 3. The number of carboxylic acids is 1. The highest BCUT2D eigenvalue weighted by Crippen LogP contribution is 2.10. The first-order chi connectivity index (χ1) is 14.0. The molecule has 0 fully saturated rings. The van der Waals surface area contributed by atoms with Gasteiger partial charge in [0.15, 0.2) is 0 Å². The lowest BCUT2D eigenvalue weighted by molar-refractivity contribution is -0.142. The lowest BCUT2D eigenvalue weighted by Gasteiger charge is -2.27. The standard InChI is InChI=1S/C20H39N5O5/c1-6-12(4)16(25-18(27)15(22)11(2)3)19(28)23-13(5)17(26)24-14(20(29)30)9-7-8-10-21/h11-16H,6-10,21-22H2,1-5H3,(H,23,28)(H,24,26)(H,25,27)(H,29,30). The van der Waals surface area contributed by atoms with Crippen molar-refractivity contribution in [1.29, 1.82) is 0 Å². The summed E-state index contributed by atoms with van der Waals surface area (Å²) in [5.41, 5.74) is 11.3. The van der Waals surface area contributed by atoms with Gasteiger partial charge in [-0.3, -0.25) is 14.4 Å². The minimum Gasteiger partial charge on any atom is -0.480 e. The number of nitrogens with two attached hydrogens (primary N) is 2. The molecule has 0 saturated carbocycles. The quantitative estimate of drug-likeness (QED) is 0.205. The van der Waals surface area contributed by atoms with Crippen LogP contribution in [-0.2, 0) is 19.2 Å². The first kappa shape index (κ1) is 27.8. The van der Waals surface area contributed by atoms with E-state index in [2.05, 4.69) is 16.0 Å². The maximum atomic E-state index is 12.7.